The number of rotatable bonds is 8. The lowest BCUT2D eigenvalue weighted by molar-refractivity contribution is -0.384. The van der Waals surface area contributed by atoms with Crippen LogP contribution in [-0.4, -0.2) is 40.8 Å². The van der Waals surface area contributed by atoms with Crippen LogP contribution >= 0.6 is 0 Å². The number of hydrogen-bond acceptors (Lipinski definition) is 8. The van der Waals surface area contributed by atoms with Crippen LogP contribution in [0.3, 0.4) is 0 Å². The molecule has 3 aromatic carbocycles. The number of hydrogen-bond donors (Lipinski definition) is 1. The first-order chi connectivity index (χ1) is 18.7. The number of carbonyl (C=O) groups is 1. The average Bonchev–Trinajstić information content (AvgIpc) is 3.58. The maximum absolute atomic E-state index is 12.9. The Balaban J connectivity index is 1.31. The van der Waals surface area contributed by atoms with Gasteiger partial charge in [-0.05, 0) is 54.8 Å². The number of benzene rings is 3. The molecule has 12 nitrogen and oxygen atoms in total. The van der Waals surface area contributed by atoms with Crippen molar-refractivity contribution in [1.82, 2.24) is 30.0 Å². The maximum Gasteiger partial charge on any atom is 0.276 e. The second kappa shape index (κ2) is 10.5. The molecule has 5 rings (SSSR count). The van der Waals surface area contributed by atoms with Gasteiger partial charge in [-0.3, -0.25) is 14.9 Å². The zero-order chi connectivity index (χ0) is 27.5. The van der Waals surface area contributed by atoms with E-state index in [1.54, 1.807) is 6.20 Å². The molecule has 0 atom stereocenters. The first-order valence-electron chi connectivity index (χ1n) is 12.0. The van der Waals surface area contributed by atoms with E-state index in [0.29, 0.717) is 11.6 Å². The number of carbonyl (C=O) groups excluding carboxylic acids is 1. The van der Waals surface area contributed by atoms with Crippen LogP contribution in [0.5, 0.6) is 11.5 Å². The van der Waals surface area contributed by atoms with Crippen LogP contribution in [0, 0.1) is 30.9 Å². The Morgan fingerprint density at radius 2 is 1.82 bits per heavy atom. The van der Waals surface area contributed by atoms with Gasteiger partial charge in [0.05, 0.1) is 16.7 Å². The van der Waals surface area contributed by atoms with Gasteiger partial charge in [0.2, 0.25) is 5.82 Å². The van der Waals surface area contributed by atoms with E-state index in [1.807, 2.05) is 63.2 Å². The molecule has 0 spiro atoms. The van der Waals surface area contributed by atoms with Gasteiger partial charge in [-0.15, -0.1) is 15.0 Å². The molecule has 0 saturated heterocycles. The third-order valence-electron chi connectivity index (χ3n) is 5.98. The highest BCUT2D eigenvalue weighted by Crippen LogP contribution is 2.33. The summed E-state index contributed by atoms with van der Waals surface area (Å²) >= 11 is 0. The first-order valence-corrected chi connectivity index (χ1v) is 12.0. The lowest BCUT2D eigenvalue weighted by Gasteiger charge is -2.13. The molecule has 0 bridgehead atoms. The largest absolute Gasteiger partial charge is 0.457 e. The minimum atomic E-state index is -0.542. The fourth-order valence-corrected chi connectivity index (χ4v) is 3.95. The van der Waals surface area contributed by atoms with Gasteiger partial charge < -0.3 is 10.1 Å². The molecule has 196 valence electrons. The van der Waals surface area contributed by atoms with Crippen molar-refractivity contribution in [2.45, 2.75) is 27.4 Å². The Morgan fingerprint density at radius 3 is 2.59 bits per heavy atom. The highest BCUT2D eigenvalue weighted by molar-refractivity contribution is 6.03. The summed E-state index contributed by atoms with van der Waals surface area (Å²) in [6, 6.07) is 19.0. The molecule has 39 heavy (non-hydrogen) atoms. The monoisotopic (exact) mass is 524 g/mol. The number of aryl methyl sites for hydroxylation is 2. The summed E-state index contributed by atoms with van der Waals surface area (Å²) < 4.78 is 7.48. The number of anilines is 1. The summed E-state index contributed by atoms with van der Waals surface area (Å²) in [7, 11) is 0. The van der Waals surface area contributed by atoms with Gasteiger partial charge in [0.15, 0.2) is 12.4 Å². The third-order valence-corrected chi connectivity index (χ3v) is 5.98. The SMILES string of the molecule is Cc1cc(C)c(C)c(Oc2cc(NC(=O)c3ccn(Cn4nnc(-c5ccccc5)n4)n3)cc([N+](=O)[O-])c2)c1. The van der Waals surface area contributed by atoms with E-state index in [4.69, 9.17) is 4.74 Å². The van der Waals surface area contributed by atoms with E-state index in [2.05, 4.69) is 25.8 Å². The van der Waals surface area contributed by atoms with E-state index in [9.17, 15) is 14.9 Å². The quantitative estimate of drug-likeness (QED) is 0.223. The van der Waals surface area contributed by atoms with Crippen LogP contribution in [0.15, 0.2) is 72.9 Å². The van der Waals surface area contributed by atoms with E-state index in [0.717, 1.165) is 22.3 Å². The molecular weight excluding hydrogens is 500 g/mol. The van der Waals surface area contributed by atoms with E-state index >= 15 is 0 Å². The summed E-state index contributed by atoms with van der Waals surface area (Å²) in [5.74, 6) is 0.741. The Kier molecular flexibility index (Phi) is 6.83. The fourth-order valence-electron chi connectivity index (χ4n) is 3.95. The number of non-ortho nitro benzene ring substituents is 1. The van der Waals surface area contributed by atoms with Crippen molar-refractivity contribution in [2.75, 3.05) is 5.32 Å². The van der Waals surface area contributed by atoms with Crippen molar-refractivity contribution in [3.05, 3.63) is 105 Å². The van der Waals surface area contributed by atoms with Crippen LogP contribution in [0.2, 0.25) is 0 Å². The molecule has 1 N–H and O–H groups in total. The normalized spacial score (nSPS) is 10.8. The Labute approximate surface area is 223 Å². The maximum atomic E-state index is 12.9. The highest BCUT2D eigenvalue weighted by atomic mass is 16.6. The number of nitro groups is 1. The minimum absolute atomic E-state index is 0.109. The van der Waals surface area contributed by atoms with Crippen LogP contribution in [0.1, 0.15) is 27.2 Å². The van der Waals surface area contributed by atoms with Gasteiger partial charge in [0.25, 0.3) is 11.6 Å². The molecule has 0 aliphatic heterocycles. The van der Waals surface area contributed by atoms with Crippen molar-refractivity contribution in [3.63, 3.8) is 0 Å². The van der Waals surface area contributed by atoms with Crippen molar-refractivity contribution in [2.24, 2.45) is 0 Å². The molecule has 0 unspecified atom stereocenters. The standard InChI is InChI=1S/C27H24N8O4/c1-17-11-18(2)19(3)25(12-17)39-23-14-21(13-22(15-23)35(37)38)28-27(36)24-9-10-33(30-24)16-34-31-26(29-32-34)20-7-5-4-6-8-20/h4-15H,16H2,1-3H3,(H,28,36). The molecule has 0 saturated carbocycles. The number of tetrazole rings is 1. The van der Waals surface area contributed by atoms with Gasteiger partial charge in [-0.1, -0.05) is 36.4 Å². The molecule has 0 aliphatic rings. The van der Waals surface area contributed by atoms with Crippen molar-refractivity contribution in [1.29, 1.82) is 0 Å². The zero-order valence-corrected chi connectivity index (χ0v) is 21.4. The van der Waals surface area contributed by atoms with E-state index in [-0.39, 0.29) is 29.5 Å². The van der Waals surface area contributed by atoms with Gasteiger partial charge in [0.1, 0.15) is 11.5 Å². The number of nitrogens with zero attached hydrogens (tertiary/aromatic N) is 7. The fraction of sp³-hybridized carbons (Fsp3) is 0.148. The summed E-state index contributed by atoms with van der Waals surface area (Å²) in [5, 5.41) is 30.9. The number of nitrogens with one attached hydrogen (secondary N) is 1. The molecule has 2 aromatic heterocycles. The second-order valence-corrected chi connectivity index (χ2v) is 8.97. The van der Waals surface area contributed by atoms with Crippen molar-refractivity contribution in [3.8, 4) is 22.9 Å². The highest BCUT2D eigenvalue weighted by Gasteiger charge is 2.17. The van der Waals surface area contributed by atoms with Gasteiger partial charge in [-0.2, -0.15) is 5.10 Å². The van der Waals surface area contributed by atoms with Gasteiger partial charge >= 0.3 is 0 Å². The molecule has 0 radical (unpaired) electrons. The zero-order valence-electron chi connectivity index (χ0n) is 21.4. The molecule has 2 heterocycles. The van der Waals surface area contributed by atoms with E-state index in [1.165, 1.54) is 33.7 Å². The third kappa shape index (κ3) is 5.80. The second-order valence-electron chi connectivity index (χ2n) is 8.97. The average molecular weight is 525 g/mol. The smallest absolute Gasteiger partial charge is 0.276 e. The number of nitro benzene ring substituents is 1. The van der Waals surface area contributed by atoms with Crippen LogP contribution < -0.4 is 10.1 Å². The summed E-state index contributed by atoms with van der Waals surface area (Å²) in [6.45, 7) is 5.96. The Bertz CT molecular complexity index is 1680. The van der Waals surface area contributed by atoms with E-state index < -0.39 is 10.8 Å². The van der Waals surface area contributed by atoms with Gasteiger partial charge in [-0.25, -0.2) is 4.68 Å². The molecular formula is C27H24N8O4. The van der Waals surface area contributed by atoms with Crippen molar-refractivity contribution >= 4 is 17.3 Å². The lowest BCUT2D eigenvalue weighted by Crippen LogP contribution is -2.16. The Hall–Kier alpha value is -5.39. The number of amides is 1. The summed E-state index contributed by atoms with van der Waals surface area (Å²) in [6.07, 6.45) is 1.60. The Morgan fingerprint density at radius 1 is 1.03 bits per heavy atom. The molecule has 12 heteroatoms. The molecule has 5 aromatic rings. The summed E-state index contributed by atoms with van der Waals surface area (Å²) in [5.41, 5.74) is 3.88. The van der Waals surface area contributed by atoms with Crippen LogP contribution in [0.25, 0.3) is 11.4 Å². The minimum Gasteiger partial charge on any atom is -0.457 e. The van der Waals surface area contributed by atoms with Gasteiger partial charge in [0, 0.05) is 23.9 Å². The predicted octanol–water partition coefficient (Wildman–Crippen LogP) is 4.92. The first kappa shape index (κ1) is 25.3. The molecule has 1 amide bonds. The molecule has 0 fully saturated rings. The van der Waals surface area contributed by atoms with Crippen LogP contribution in [0.4, 0.5) is 11.4 Å². The number of ether oxygens (including phenoxy) is 1. The van der Waals surface area contributed by atoms with Crippen LogP contribution in [-0.2, 0) is 6.67 Å². The topological polar surface area (TPSA) is 143 Å². The number of aromatic nitrogens is 6. The summed E-state index contributed by atoms with van der Waals surface area (Å²) in [4.78, 5) is 25.3. The van der Waals surface area contributed by atoms with Crippen molar-refractivity contribution < 1.29 is 14.5 Å². The predicted molar refractivity (Wildman–Crippen MR) is 143 cm³/mol. The lowest BCUT2D eigenvalue weighted by atomic mass is 10.1. The molecule has 0 aliphatic carbocycles.